The average molecular weight is 248 g/mol. The molecule has 0 radical (unpaired) electrons. The zero-order valence-corrected chi connectivity index (χ0v) is 10.2. The number of hydrogen-bond acceptors (Lipinski definition) is 5. The Morgan fingerprint density at radius 3 is 2.88 bits per heavy atom. The van der Waals surface area contributed by atoms with Gasteiger partial charge in [-0.15, -0.1) is 11.3 Å². The van der Waals surface area contributed by atoms with Crippen LogP contribution in [0, 0.1) is 6.92 Å². The number of rotatable bonds is 4. The van der Waals surface area contributed by atoms with Gasteiger partial charge >= 0.3 is 0 Å². The van der Waals surface area contributed by atoms with Gasteiger partial charge < -0.3 is 5.32 Å². The first-order valence-electron chi connectivity index (χ1n) is 5.21. The van der Waals surface area contributed by atoms with Crippen molar-refractivity contribution in [1.82, 2.24) is 20.3 Å². The second kappa shape index (κ2) is 5.49. The van der Waals surface area contributed by atoms with Crippen molar-refractivity contribution in [3.05, 3.63) is 40.4 Å². The van der Waals surface area contributed by atoms with Gasteiger partial charge in [0.05, 0.1) is 11.2 Å². The molecule has 17 heavy (non-hydrogen) atoms. The number of carbonyl (C=O) groups is 1. The number of thiazole rings is 1. The third-order valence-electron chi connectivity index (χ3n) is 2.12. The number of nitrogens with one attached hydrogen (secondary N) is 1. The minimum Gasteiger partial charge on any atom is -0.350 e. The number of aromatic nitrogens is 3. The van der Waals surface area contributed by atoms with Crippen LogP contribution in [0.15, 0.2) is 24.8 Å². The molecule has 0 aromatic carbocycles. The normalized spacial score (nSPS) is 10.2. The highest BCUT2D eigenvalue weighted by Crippen LogP contribution is 2.11. The van der Waals surface area contributed by atoms with Crippen LogP contribution < -0.4 is 5.32 Å². The molecule has 2 rings (SSSR count). The van der Waals surface area contributed by atoms with E-state index in [0.717, 1.165) is 11.4 Å². The molecule has 0 unspecified atom stereocenters. The molecule has 2 aromatic heterocycles. The zero-order chi connectivity index (χ0) is 12.1. The third-order valence-corrected chi connectivity index (χ3v) is 3.09. The molecule has 6 heteroatoms. The van der Waals surface area contributed by atoms with Crippen LogP contribution in [0.3, 0.4) is 0 Å². The van der Waals surface area contributed by atoms with Crippen LogP contribution in [0.5, 0.6) is 0 Å². The Balaban J connectivity index is 1.81. The summed E-state index contributed by atoms with van der Waals surface area (Å²) in [4.78, 5) is 24.7. The fourth-order valence-corrected chi connectivity index (χ4v) is 2.12. The zero-order valence-electron chi connectivity index (χ0n) is 9.38. The Kier molecular flexibility index (Phi) is 3.77. The van der Waals surface area contributed by atoms with Gasteiger partial charge in [0.15, 0.2) is 0 Å². The molecular formula is C11H12N4OS. The molecule has 5 nitrogen and oxygen atoms in total. The van der Waals surface area contributed by atoms with Gasteiger partial charge in [0.25, 0.3) is 5.91 Å². The van der Waals surface area contributed by atoms with Gasteiger partial charge in [-0.05, 0) is 6.92 Å². The van der Waals surface area contributed by atoms with E-state index in [1.807, 2.05) is 13.1 Å². The Hall–Kier alpha value is -1.82. The number of carbonyl (C=O) groups excluding carboxylic acids is 1. The fraction of sp³-hybridized carbons (Fsp3) is 0.273. The molecule has 0 saturated carbocycles. The summed E-state index contributed by atoms with van der Waals surface area (Å²) in [5.74, 6) is -0.195. The van der Waals surface area contributed by atoms with E-state index in [-0.39, 0.29) is 5.91 Å². The maximum absolute atomic E-state index is 11.6. The van der Waals surface area contributed by atoms with Gasteiger partial charge in [-0.2, -0.15) is 0 Å². The fourth-order valence-electron chi connectivity index (χ4n) is 1.33. The van der Waals surface area contributed by atoms with E-state index in [4.69, 9.17) is 0 Å². The van der Waals surface area contributed by atoms with Crippen LogP contribution in [-0.2, 0) is 6.42 Å². The molecule has 0 fully saturated rings. The van der Waals surface area contributed by atoms with Gasteiger partial charge in [0.1, 0.15) is 5.69 Å². The average Bonchev–Trinajstić information content (AvgIpc) is 2.76. The van der Waals surface area contributed by atoms with Crippen molar-refractivity contribution in [3.8, 4) is 0 Å². The van der Waals surface area contributed by atoms with Crippen LogP contribution in [0.25, 0.3) is 0 Å². The van der Waals surface area contributed by atoms with Crippen LogP contribution in [0.1, 0.15) is 20.4 Å². The molecule has 0 aliphatic carbocycles. The molecule has 0 bridgehead atoms. The number of aryl methyl sites for hydroxylation is 1. The van der Waals surface area contributed by atoms with E-state index in [9.17, 15) is 4.79 Å². The smallest absolute Gasteiger partial charge is 0.271 e. The van der Waals surface area contributed by atoms with E-state index in [1.165, 1.54) is 23.5 Å². The first kappa shape index (κ1) is 11.7. The Morgan fingerprint density at radius 2 is 2.24 bits per heavy atom. The van der Waals surface area contributed by atoms with Gasteiger partial charge in [-0.3, -0.25) is 9.78 Å². The largest absolute Gasteiger partial charge is 0.350 e. The molecule has 0 aliphatic heterocycles. The predicted octanol–water partition coefficient (Wildman–Crippen LogP) is 1.21. The molecule has 0 atom stereocenters. The first-order chi connectivity index (χ1) is 8.25. The first-order valence-corrected chi connectivity index (χ1v) is 6.03. The van der Waals surface area contributed by atoms with E-state index in [0.29, 0.717) is 12.2 Å². The lowest BCUT2D eigenvalue weighted by Crippen LogP contribution is -2.26. The highest BCUT2D eigenvalue weighted by Gasteiger charge is 2.06. The Labute approximate surface area is 103 Å². The van der Waals surface area contributed by atoms with E-state index < -0.39 is 0 Å². The van der Waals surface area contributed by atoms with E-state index >= 15 is 0 Å². The standard InChI is InChI=1S/C11H12N4OS/c1-8-15-6-9(17-8)2-3-14-11(16)10-7-12-4-5-13-10/h4-7H,2-3H2,1H3,(H,14,16). The summed E-state index contributed by atoms with van der Waals surface area (Å²) < 4.78 is 0. The molecule has 1 N–H and O–H groups in total. The van der Waals surface area contributed by atoms with Gasteiger partial charge in [-0.1, -0.05) is 0 Å². The summed E-state index contributed by atoms with van der Waals surface area (Å²) in [6, 6.07) is 0. The van der Waals surface area contributed by atoms with Crippen molar-refractivity contribution >= 4 is 17.2 Å². The Bertz CT molecular complexity index is 497. The predicted molar refractivity (Wildman–Crippen MR) is 64.9 cm³/mol. The van der Waals surface area contributed by atoms with Gasteiger partial charge in [-0.25, -0.2) is 9.97 Å². The van der Waals surface area contributed by atoms with Crippen molar-refractivity contribution in [3.63, 3.8) is 0 Å². The second-order valence-corrected chi connectivity index (χ2v) is 4.76. The molecule has 1 amide bonds. The summed E-state index contributed by atoms with van der Waals surface area (Å²) >= 11 is 1.64. The Morgan fingerprint density at radius 1 is 1.35 bits per heavy atom. The van der Waals surface area contributed by atoms with Crippen molar-refractivity contribution in [2.24, 2.45) is 0 Å². The third kappa shape index (κ3) is 3.32. The van der Waals surface area contributed by atoms with Gasteiger partial charge in [0.2, 0.25) is 0 Å². The summed E-state index contributed by atoms with van der Waals surface area (Å²) in [5.41, 5.74) is 0.341. The van der Waals surface area contributed by atoms with Crippen molar-refractivity contribution < 1.29 is 4.79 Å². The number of nitrogens with zero attached hydrogens (tertiary/aromatic N) is 3. The van der Waals surface area contributed by atoms with Crippen LogP contribution in [0.4, 0.5) is 0 Å². The minimum absolute atomic E-state index is 0.195. The highest BCUT2D eigenvalue weighted by molar-refractivity contribution is 7.11. The summed E-state index contributed by atoms with van der Waals surface area (Å²) in [5, 5.41) is 3.84. The monoisotopic (exact) mass is 248 g/mol. The molecule has 2 aromatic rings. The SMILES string of the molecule is Cc1ncc(CCNC(=O)c2cnccn2)s1. The lowest BCUT2D eigenvalue weighted by molar-refractivity contribution is 0.0949. The maximum atomic E-state index is 11.6. The lowest BCUT2D eigenvalue weighted by atomic mass is 10.3. The molecule has 0 aliphatic rings. The molecule has 88 valence electrons. The van der Waals surface area contributed by atoms with Gasteiger partial charge in [0, 0.05) is 36.4 Å². The van der Waals surface area contributed by atoms with Crippen LogP contribution in [0.2, 0.25) is 0 Å². The molecule has 2 heterocycles. The van der Waals surface area contributed by atoms with Crippen molar-refractivity contribution in [1.29, 1.82) is 0 Å². The van der Waals surface area contributed by atoms with E-state index in [1.54, 1.807) is 11.3 Å². The summed E-state index contributed by atoms with van der Waals surface area (Å²) in [7, 11) is 0. The maximum Gasteiger partial charge on any atom is 0.271 e. The minimum atomic E-state index is -0.195. The highest BCUT2D eigenvalue weighted by atomic mass is 32.1. The summed E-state index contributed by atoms with van der Waals surface area (Å²) in [6.07, 6.45) is 7.12. The van der Waals surface area contributed by atoms with Crippen LogP contribution in [-0.4, -0.2) is 27.4 Å². The number of hydrogen-bond donors (Lipinski definition) is 1. The summed E-state index contributed by atoms with van der Waals surface area (Å²) in [6.45, 7) is 2.54. The van der Waals surface area contributed by atoms with Crippen molar-refractivity contribution in [2.45, 2.75) is 13.3 Å². The molecule has 0 saturated heterocycles. The number of amides is 1. The van der Waals surface area contributed by atoms with E-state index in [2.05, 4.69) is 20.3 Å². The van der Waals surface area contributed by atoms with Crippen molar-refractivity contribution in [2.75, 3.05) is 6.54 Å². The topological polar surface area (TPSA) is 67.8 Å². The van der Waals surface area contributed by atoms with Crippen LogP contribution >= 0.6 is 11.3 Å². The molecular weight excluding hydrogens is 236 g/mol. The quantitative estimate of drug-likeness (QED) is 0.883. The second-order valence-electron chi connectivity index (χ2n) is 3.44. The molecule has 0 spiro atoms. The lowest BCUT2D eigenvalue weighted by Gasteiger charge is -2.02.